The molecule has 1 saturated carbocycles. The first-order valence-corrected chi connectivity index (χ1v) is 9.37. The van der Waals surface area contributed by atoms with E-state index < -0.39 is 0 Å². The summed E-state index contributed by atoms with van der Waals surface area (Å²) in [5.74, 6) is 2.69. The molecule has 0 saturated heterocycles. The number of hydrogen-bond acceptors (Lipinski definition) is 3. The predicted molar refractivity (Wildman–Crippen MR) is 121 cm³/mol. The van der Waals surface area contributed by atoms with Crippen LogP contribution in [0.5, 0.6) is 5.75 Å². The van der Waals surface area contributed by atoms with Gasteiger partial charge in [-0.2, -0.15) is 0 Å². The van der Waals surface area contributed by atoms with Gasteiger partial charge in [-0.3, -0.25) is 4.99 Å². The van der Waals surface area contributed by atoms with E-state index in [9.17, 15) is 0 Å². The van der Waals surface area contributed by atoms with E-state index in [0.717, 1.165) is 43.7 Å². The lowest BCUT2D eigenvalue weighted by atomic mass is 10.1. The fraction of sp³-hybridized carbons (Fsp3) is 0.650. The Kier molecular flexibility index (Phi) is 10.3. The number of aryl methyl sites for hydroxylation is 1. The molecule has 1 fully saturated rings. The Bertz CT molecular complexity index is 571. The van der Waals surface area contributed by atoms with E-state index in [1.165, 1.54) is 24.0 Å². The van der Waals surface area contributed by atoms with Crippen LogP contribution in [0, 0.1) is 12.8 Å². The summed E-state index contributed by atoms with van der Waals surface area (Å²) in [6, 6.07) is 6.96. The number of nitrogens with one attached hydrogen (secondary N) is 2. The molecular formula is C20H35IN4O. The lowest BCUT2D eigenvalue weighted by Gasteiger charge is -2.23. The fourth-order valence-electron chi connectivity index (χ4n) is 3.09. The number of likely N-dealkylation sites (N-methyl/N-ethyl adjacent to an activating group) is 1. The first kappa shape index (κ1) is 23.0. The summed E-state index contributed by atoms with van der Waals surface area (Å²) in [6.45, 7) is 6.75. The van der Waals surface area contributed by atoms with Crippen LogP contribution in [0.1, 0.15) is 30.9 Å². The maximum atomic E-state index is 5.41. The van der Waals surface area contributed by atoms with Crippen LogP contribution >= 0.6 is 24.0 Å². The van der Waals surface area contributed by atoms with Crippen molar-refractivity contribution in [1.29, 1.82) is 0 Å². The molecule has 1 aliphatic rings. The van der Waals surface area contributed by atoms with Gasteiger partial charge in [0, 0.05) is 19.1 Å². The zero-order valence-electron chi connectivity index (χ0n) is 16.8. The maximum Gasteiger partial charge on any atom is 0.191 e. The minimum Gasteiger partial charge on any atom is -0.496 e. The van der Waals surface area contributed by atoms with Crippen LogP contribution in [0.4, 0.5) is 0 Å². The van der Waals surface area contributed by atoms with Gasteiger partial charge in [0.05, 0.1) is 13.7 Å². The van der Waals surface area contributed by atoms with Crippen molar-refractivity contribution in [2.24, 2.45) is 10.9 Å². The standard InChI is InChI=1S/C20H34N4O.HI/c1-6-21-20(23-14-18(24(3)4)17-9-10-17)22-12-11-16-8-7-15(2)19(13-16)25-5;/h7-8,13,17-18H,6,9-12,14H2,1-5H3,(H2,21,22,23);1H. The molecule has 0 amide bonds. The number of aliphatic imine (C=N–C) groups is 1. The molecule has 1 aromatic rings. The van der Waals surface area contributed by atoms with E-state index in [-0.39, 0.29) is 24.0 Å². The van der Waals surface area contributed by atoms with Crippen molar-refractivity contribution in [3.63, 3.8) is 0 Å². The second-order valence-electron chi connectivity index (χ2n) is 7.07. The first-order chi connectivity index (χ1) is 12.0. The molecule has 1 aliphatic carbocycles. The number of methoxy groups -OCH3 is 1. The Morgan fingerprint density at radius 1 is 1.31 bits per heavy atom. The quantitative estimate of drug-likeness (QED) is 0.328. The number of nitrogens with zero attached hydrogens (tertiary/aromatic N) is 2. The molecular weight excluding hydrogens is 439 g/mol. The molecule has 6 heteroatoms. The van der Waals surface area contributed by atoms with Gasteiger partial charge in [0.2, 0.25) is 0 Å². The van der Waals surface area contributed by atoms with Crippen molar-refractivity contribution in [3.8, 4) is 5.75 Å². The second kappa shape index (κ2) is 11.6. The summed E-state index contributed by atoms with van der Waals surface area (Å²) in [7, 11) is 6.04. The average Bonchev–Trinajstić information content (AvgIpc) is 3.41. The lowest BCUT2D eigenvalue weighted by molar-refractivity contribution is 0.271. The Morgan fingerprint density at radius 2 is 2.04 bits per heavy atom. The molecule has 26 heavy (non-hydrogen) atoms. The van der Waals surface area contributed by atoms with Crippen LogP contribution in [-0.2, 0) is 6.42 Å². The highest BCUT2D eigenvalue weighted by molar-refractivity contribution is 14.0. The van der Waals surface area contributed by atoms with Gasteiger partial charge in [-0.25, -0.2) is 0 Å². The van der Waals surface area contributed by atoms with Crippen LogP contribution in [0.25, 0.3) is 0 Å². The van der Waals surface area contributed by atoms with Gasteiger partial charge in [-0.05, 0) is 70.3 Å². The number of guanidine groups is 1. The van der Waals surface area contributed by atoms with Crippen molar-refractivity contribution >= 4 is 29.9 Å². The van der Waals surface area contributed by atoms with Crippen LogP contribution in [0.15, 0.2) is 23.2 Å². The molecule has 0 radical (unpaired) electrons. The van der Waals surface area contributed by atoms with E-state index in [4.69, 9.17) is 9.73 Å². The van der Waals surface area contributed by atoms with Crippen molar-refractivity contribution in [1.82, 2.24) is 15.5 Å². The summed E-state index contributed by atoms with van der Waals surface area (Å²) in [6.07, 6.45) is 3.63. The lowest BCUT2D eigenvalue weighted by Crippen LogP contribution is -2.40. The second-order valence-corrected chi connectivity index (χ2v) is 7.07. The summed E-state index contributed by atoms with van der Waals surface area (Å²) in [5.41, 5.74) is 2.44. The molecule has 0 spiro atoms. The van der Waals surface area contributed by atoms with Gasteiger partial charge in [0.1, 0.15) is 5.75 Å². The predicted octanol–water partition coefficient (Wildman–Crippen LogP) is 3.06. The Morgan fingerprint density at radius 3 is 2.62 bits per heavy atom. The Labute approximate surface area is 176 Å². The summed E-state index contributed by atoms with van der Waals surface area (Å²) in [5, 5.41) is 6.80. The van der Waals surface area contributed by atoms with Gasteiger partial charge < -0.3 is 20.3 Å². The average molecular weight is 474 g/mol. The SMILES string of the molecule is CCNC(=NCC(C1CC1)N(C)C)NCCc1ccc(C)c(OC)c1.I. The summed E-state index contributed by atoms with van der Waals surface area (Å²) in [4.78, 5) is 7.11. The molecule has 2 rings (SSSR count). The molecule has 1 unspecified atom stereocenters. The third kappa shape index (κ3) is 7.31. The smallest absolute Gasteiger partial charge is 0.191 e. The number of hydrogen-bond donors (Lipinski definition) is 2. The molecule has 5 nitrogen and oxygen atoms in total. The summed E-state index contributed by atoms with van der Waals surface area (Å²) < 4.78 is 5.41. The van der Waals surface area contributed by atoms with Crippen LogP contribution < -0.4 is 15.4 Å². The van der Waals surface area contributed by atoms with Crippen LogP contribution in [0.3, 0.4) is 0 Å². The van der Waals surface area contributed by atoms with Crippen molar-refractivity contribution in [2.75, 3.05) is 40.8 Å². The largest absolute Gasteiger partial charge is 0.496 e. The zero-order chi connectivity index (χ0) is 18.2. The third-order valence-electron chi connectivity index (χ3n) is 4.79. The molecule has 0 aliphatic heterocycles. The monoisotopic (exact) mass is 474 g/mol. The van der Waals surface area contributed by atoms with Gasteiger partial charge in [-0.1, -0.05) is 12.1 Å². The highest BCUT2D eigenvalue weighted by Gasteiger charge is 2.32. The van der Waals surface area contributed by atoms with E-state index in [0.29, 0.717) is 6.04 Å². The van der Waals surface area contributed by atoms with Crippen LogP contribution in [-0.4, -0.2) is 57.7 Å². The minimum absolute atomic E-state index is 0. The highest BCUT2D eigenvalue weighted by Crippen LogP contribution is 2.34. The van der Waals surface area contributed by atoms with Crippen molar-refractivity contribution < 1.29 is 4.74 Å². The zero-order valence-corrected chi connectivity index (χ0v) is 19.2. The van der Waals surface area contributed by atoms with E-state index in [1.54, 1.807) is 7.11 Å². The van der Waals surface area contributed by atoms with Gasteiger partial charge in [0.25, 0.3) is 0 Å². The fourth-order valence-corrected chi connectivity index (χ4v) is 3.09. The molecule has 1 atom stereocenters. The van der Waals surface area contributed by atoms with E-state index >= 15 is 0 Å². The van der Waals surface area contributed by atoms with Gasteiger partial charge >= 0.3 is 0 Å². The molecule has 0 heterocycles. The first-order valence-electron chi connectivity index (χ1n) is 9.37. The van der Waals surface area contributed by atoms with Crippen molar-refractivity contribution in [2.45, 2.75) is 39.2 Å². The van der Waals surface area contributed by atoms with Crippen LogP contribution in [0.2, 0.25) is 0 Å². The normalized spacial score (nSPS) is 15.4. The molecule has 1 aromatic carbocycles. The molecule has 0 bridgehead atoms. The van der Waals surface area contributed by atoms with Gasteiger partial charge in [-0.15, -0.1) is 24.0 Å². The maximum absolute atomic E-state index is 5.41. The van der Waals surface area contributed by atoms with E-state index in [2.05, 4.69) is 61.7 Å². The highest BCUT2D eigenvalue weighted by atomic mass is 127. The van der Waals surface area contributed by atoms with Gasteiger partial charge in [0.15, 0.2) is 5.96 Å². The van der Waals surface area contributed by atoms with E-state index in [1.807, 2.05) is 0 Å². The topological polar surface area (TPSA) is 48.9 Å². The third-order valence-corrected chi connectivity index (χ3v) is 4.79. The number of halogens is 1. The molecule has 0 aromatic heterocycles. The minimum atomic E-state index is 0. The number of rotatable bonds is 9. The Balaban J connectivity index is 0.00000338. The molecule has 148 valence electrons. The summed E-state index contributed by atoms with van der Waals surface area (Å²) >= 11 is 0. The molecule has 2 N–H and O–H groups in total. The number of ether oxygens (including phenoxy) is 1. The van der Waals surface area contributed by atoms with Crippen molar-refractivity contribution in [3.05, 3.63) is 29.3 Å². The Hall–Kier alpha value is -1.02. The number of benzene rings is 1.